The van der Waals surface area contributed by atoms with E-state index in [4.69, 9.17) is 14.0 Å². The van der Waals surface area contributed by atoms with Gasteiger partial charge in [0.2, 0.25) is 5.91 Å². The lowest BCUT2D eigenvalue weighted by Gasteiger charge is -2.17. The van der Waals surface area contributed by atoms with E-state index in [1.807, 2.05) is 41.3 Å². The van der Waals surface area contributed by atoms with Gasteiger partial charge in [-0.2, -0.15) is 4.98 Å². The van der Waals surface area contributed by atoms with Gasteiger partial charge >= 0.3 is 0 Å². The maximum atomic E-state index is 12.6. The second kappa shape index (κ2) is 8.18. The predicted octanol–water partition coefficient (Wildman–Crippen LogP) is 3.89. The van der Waals surface area contributed by atoms with Crippen LogP contribution in [-0.2, 0) is 11.3 Å². The number of methoxy groups -OCH3 is 2. The minimum Gasteiger partial charge on any atom is -0.493 e. The molecule has 1 unspecified atom stereocenters. The van der Waals surface area contributed by atoms with Crippen LogP contribution in [0.4, 0.5) is 0 Å². The molecule has 0 bridgehead atoms. The second-order valence-corrected chi connectivity index (χ2v) is 7.62. The summed E-state index contributed by atoms with van der Waals surface area (Å²) >= 11 is 0. The van der Waals surface area contributed by atoms with Crippen molar-refractivity contribution in [2.24, 2.45) is 0 Å². The number of carbonyl (C=O) groups excluding carboxylic acids is 1. The lowest BCUT2D eigenvalue weighted by molar-refractivity contribution is -0.128. The first kappa shape index (κ1) is 19.9. The van der Waals surface area contributed by atoms with Crippen LogP contribution >= 0.6 is 0 Å². The van der Waals surface area contributed by atoms with Crippen LogP contribution in [-0.4, -0.2) is 41.7 Å². The average molecular weight is 407 g/mol. The van der Waals surface area contributed by atoms with Crippen LogP contribution < -0.4 is 9.47 Å². The summed E-state index contributed by atoms with van der Waals surface area (Å²) in [5, 5.41) is 4.15. The Hall–Kier alpha value is -3.35. The summed E-state index contributed by atoms with van der Waals surface area (Å²) in [6.45, 7) is 5.17. The van der Waals surface area contributed by atoms with Crippen molar-refractivity contribution in [3.05, 3.63) is 58.9 Å². The maximum absolute atomic E-state index is 12.6. The molecule has 30 heavy (non-hydrogen) atoms. The highest BCUT2D eigenvalue weighted by molar-refractivity contribution is 5.79. The monoisotopic (exact) mass is 407 g/mol. The molecule has 7 heteroatoms. The molecule has 0 spiro atoms. The Kier molecular flexibility index (Phi) is 5.44. The third kappa shape index (κ3) is 3.87. The normalized spacial score (nSPS) is 16.2. The first-order valence-electron chi connectivity index (χ1n) is 9.88. The summed E-state index contributed by atoms with van der Waals surface area (Å²) < 4.78 is 16.1. The zero-order chi connectivity index (χ0) is 21.3. The van der Waals surface area contributed by atoms with E-state index in [2.05, 4.69) is 24.0 Å². The summed E-state index contributed by atoms with van der Waals surface area (Å²) in [7, 11) is 3.20. The number of ether oxygens (including phenoxy) is 2. The van der Waals surface area contributed by atoms with Crippen LogP contribution in [0.15, 0.2) is 40.9 Å². The molecule has 1 aromatic heterocycles. The van der Waals surface area contributed by atoms with Crippen LogP contribution in [0.25, 0.3) is 11.5 Å². The van der Waals surface area contributed by atoms with Gasteiger partial charge in [0, 0.05) is 31.0 Å². The first-order valence-corrected chi connectivity index (χ1v) is 9.88. The number of benzene rings is 2. The van der Waals surface area contributed by atoms with Gasteiger partial charge in [-0.25, -0.2) is 0 Å². The fourth-order valence-corrected chi connectivity index (χ4v) is 3.69. The van der Waals surface area contributed by atoms with Crippen molar-refractivity contribution in [2.45, 2.75) is 32.7 Å². The smallest absolute Gasteiger partial charge is 0.257 e. The molecule has 1 aliphatic rings. The minimum atomic E-state index is -0.0818. The number of hydrogen-bond donors (Lipinski definition) is 0. The van der Waals surface area contributed by atoms with Crippen LogP contribution in [0, 0.1) is 13.8 Å². The van der Waals surface area contributed by atoms with E-state index < -0.39 is 0 Å². The summed E-state index contributed by atoms with van der Waals surface area (Å²) in [5.41, 5.74) is 4.25. The third-order valence-electron chi connectivity index (χ3n) is 5.60. The molecule has 1 fully saturated rings. The van der Waals surface area contributed by atoms with E-state index in [0.29, 0.717) is 42.7 Å². The van der Waals surface area contributed by atoms with Crippen LogP contribution in [0.1, 0.15) is 34.9 Å². The average Bonchev–Trinajstić information content (AvgIpc) is 3.37. The largest absolute Gasteiger partial charge is 0.493 e. The number of amides is 1. The zero-order valence-corrected chi connectivity index (χ0v) is 17.6. The highest BCUT2D eigenvalue weighted by Gasteiger charge is 2.34. The summed E-state index contributed by atoms with van der Waals surface area (Å²) in [4.78, 5) is 19.0. The van der Waals surface area contributed by atoms with Crippen molar-refractivity contribution >= 4 is 5.91 Å². The number of carbonyl (C=O) groups is 1. The SMILES string of the molecule is COc1ccc(CN2CC(c3noc(-c4ccc(C)c(C)c4)n3)CC2=O)cc1OC. The third-order valence-corrected chi connectivity index (χ3v) is 5.60. The Balaban J connectivity index is 1.47. The number of aryl methyl sites for hydroxylation is 2. The Morgan fingerprint density at radius 1 is 1.07 bits per heavy atom. The van der Waals surface area contributed by atoms with Gasteiger partial charge in [0.25, 0.3) is 5.89 Å². The fourth-order valence-electron chi connectivity index (χ4n) is 3.69. The van der Waals surface area contributed by atoms with Crippen molar-refractivity contribution in [3.8, 4) is 23.0 Å². The van der Waals surface area contributed by atoms with Crippen molar-refractivity contribution in [1.29, 1.82) is 0 Å². The van der Waals surface area contributed by atoms with Gasteiger partial charge in [-0.3, -0.25) is 4.79 Å². The van der Waals surface area contributed by atoms with E-state index in [-0.39, 0.29) is 11.8 Å². The van der Waals surface area contributed by atoms with Gasteiger partial charge in [0.05, 0.1) is 14.2 Å². The van der Waals surface area contributed by atoms with E-state index in [9.17, 15) is 4.79 Å². The van der Waals surface area contributed by atoms with Crippen molar-refractivity contribution in [3.63, 3.8) is 0 Å². The molecule has 0 N–H and O–H groups in total. The molecule has 1 atom stereocenters. The summed E-state index contributed by atoms with van der Waals surface area (Å²) in [6, 6.07) is 11.7. The number of aromatic nitrogens is 2. The van der Waals surface area contributed by atoms with Crippen molar-refractivity contribution < 1.29 is 18.8 Å². The van der Waals surface area contributed by atoms with Crippen molar-refractivity contribution in [2.75, 3.05) is 20.8 Å². The first-order chi connectivity index (χ1) is 14.5. The van der Waals surface area contributed by atoms with Gasteiger partial charge < -0.3 is 18.9 Å². The van der Waals surface area contributed by atoms with Gasteiger partial charge in [0.1, 0.15) is 0 Å². The Morgan fingerprint density at radius 3 is 2.60 bits per heavy atom. The molecule has 1 amide bonds. The van der Waals surface area contributed by atoms with E-state index in [1.165, 1.54) is 11.1 Å². The van der Waals surface area contributed by atoms with Gasteiger partial charge in [0.15, 0.2) is 17.3 Å². The highest BCUT2D eigenvalue weighted by Crippen LogP contribution is 2.32. The molecule has 156 valence electrons. The number of nitrogens with zero attached hydrogens (tertiary/aromatic N) is 3. The molecule has 0 saturated carbocycles. The van der Waals surface area contributed by atoms with Crippen LogP contribution in [0.5, 0.6) is 11.5 Å². The number of rotatable bonds is 6. The molecule has 2 aromatic carbocycles. The van der Waals surface area contributed by atoms with Gasteiger partial charge in [-0.05, 0) is 54.8 Å². The Bertz CT molecular complexity index is 1080. The molecule has 7 nitrogen and oxygen atoms in total. The quantitative estimate of drug-likeness (QED) is 0.617. The number of hydrogen-bond acceptors (Lipinski definition) is 6. The van der Waals surface area contributed by atoms with E-state index >= 15 is 0 Å². The highest BCUT2D eigenvalue weighted by atomic mass is 16.5. The Morgan fingerprint density at radius 2 is 1.87 bits per heavy atom. The maximum Gasteiger partial charge on any atom is 0.257 e. The minimum absolute atomic E-state index is 0.0762. The predicted molar refractivity (Wildman–Crippen MR) is 112 cm³/mol. The summed E-state index contributed by atoms with van der Waals surface area (Å²) in [5.74, 6) is 2.37. The molecule has 1 saturated heterocycles. The van der Waals surface area contributed by atoms with Crippen LogP contribution in [0.2, 0.25) is 0 Å². The van der Waals surface area contributed by atoms with Gasteiger partial charge in [-0.1, -0.05) is 17.3 Å². The molecule has 0 aliphatic carbocycles. The molecule has 1 aliphatic heterocycles. The standard InChI is InChI=1S/C23H25N3O4/c1-14-5-7-17(9-15(14)2)23-24-22(25-30-23)18-11-21(27)26(13-18)12-16-6-8-19(28-3)20(10-16)29-4/h5-10,18H,11-13H2,1-4H3. The Labute approximate surface area is 175 Å². The lowest BCUT2D eigenvalue weighted by Crippen LogP contribution is -2.24. The second-order valence-electron chi connectivity index (χ2n) is 7.62. The van der Waals surface area contributed by atoms with Gasteiger partial charge in [-0.15, -0.1) is 0 Å². The molecule has 4 rings (SSSR count). The molecular weight excluding hydrogens is 382 g/mol. The lowest BCUT2D eigenvalue weighted by atomic mass is 10.1. The van der Waals surface area contributed by atoms with Crippen molar-refractivity contribution in [1.82, 2.24) is 15.0 Å². The van der Waals surface area contributed by atoms with E-state index in [1.54, 1.807) is 14.2 Å². The molecule has 2 heterocycles. The summed E-state index contributed by atoms with van der Waals surface area (Å²) in [6.07, 6.45) is 0.374. The molecule has 0 radical (unpaired) electrons. The molecule has 3 aromatic rings. The molecular formula is C23H25N3O4. The fraction of sp³-hybridized carbons (Fsp3) is 0.348. The zero-order valence-electron chi connectivity index (χ0n) is 17.6. The topological polar surface area (TPSA) is 77.7 Å². The number of likely N-dealkylation sites (tertiary alicyclic amines) is 1. The van der Waals surface area contributed by atoms with Crippen LogP contribution in [0.3, 0.4) is 0 Å². The van der Waals surface area contributed by atoms with E-state index in [0.717, 1.165) is 11.1 Å².